The molecule has 0 aromatic carbocycles. The zero-order valence-electron chi connectivity index (χ0n) is 9.51. The van der Waals surface area contributed by atoms with Crippen molar-refractivity contribution in [2.24, 2.45) is 0 Å². The Kier molecular flexibility index (Phi) is 4.84. The first-order chi connectivity index (χ1) is 8.58. The number of nitrogens with one attached hydrogen (secondary N) is 1. The van der Waals surface area contributed by atoms with Crippen LogP contribution in [0.3, 0.4) is 0 Å². The van der Waals surface area contributed by atoms with Crippen molar-refractivity contribution in [2.75, 3.05) is 0 Å². The number of aliphatic hydroxyl groups is 1. The number of hydrogen-bond donors (Lipinski definition) is 3. The number of carboxylic acids is 1. The highest BCUT2D eigenvalue weighted by atomic mass is 31.0. The van der Waals surface area contributed by atoms with Gasteiger partial charge in [0.1, 0.15) is 20.3 Å². The molecule has 0 bridgehead atoms. The van der Waals surface area contributed by atoms with E-state index in [1.807, 2.05) is 14.7 Å². The minimum absolute atomic E-state index is 0.622. The fourth-order valence-corrected chi connectivity index (χ4v) is 1.60. The third-order valence-electron chi connectivity index (χ3n) is 2.36. The Labute approximate surface area is 110 Å². The smallest absolute Gasteiger partial charge is 0.323 e. The van der Waals surface area contributed by atoms with E-state index < -0.39 is 48.3 Å². The van der Waals surface area contributed by atoms with Gasteiger partial charge >= 0.3 is 17.9 Å². The third kappa shape index (κ3) is 3.59. The second kappa shape index (κ2) is 5.66. The number of carbonyl (C=O) groups is 2. The summed E-state index contributed by atoms with van der Waals surface area (Å²) >= 11 is 0. The van der Waals surface area contributed by atoms with E-state index in [0.29, 0.717) is 0 Å². The number of carbonyl (C=O) groups excluding carboxylic acids is 1. The molecule has 1 rings (SSSR count). The highest BCUT2D eigenvalue weighted by molar-refractivity contribution is 7.20. The fraction of sp³-hybridized carbons (Fsp3) is 0.750. The molecular formula is C8H11BF2NO6P. The van der Waals surface area contributed by atoms with Crippen LogP contribution >= 0.6 is 9.24 Å². The van der Waals surface area contributed by atoms with Crippen LogP contribution in [0.2, 0.25) is 0 Å². The first kappa shape index (κ1) is 16.2. The molecule has 1 saturated heterocycles. The van der Waals surface area contributed by atoms with Crippen molar-refractivity contribution in [2.45, 2.75) is 36.3 Å². The molecule has 11 heteroatoms. The monoisotopic (exact) mass is 297 g/mol. The quantitative estimate of drug-likeness (QED) is 0.248. The van der Waals surface area contributed by atoms with Gasteiger partial charge in [0.2, 0.25) is 0 Å². The second-order valence-electron chi connectivity index (χ2n) is 3.90. The molecule has 4 atom stereocenters. The van der Waals surface area contributed by atoms with Crippen LogP contribution in [-0.2, 0) is 19.2 Å². The summed E-state index contributed by atoms with van der Waals surface area (Å²) < 4.78 is 31.5. The molecule has 0 aromatic heterocycles. The van der Waals surface area contributed by atoms with Crippen molar-refractivity contribution >= 4 is 29.0 Å². The van der Waals surface area contributed by atoms with E-state index in [0.717, 1.165) is 0 Å². The summed E-state index contributed by atoms with van der Waals surface area (Å²) in [4.78, 5) is 26.0. The summed E-state index contributed by atoms with van der Waals surface area (Å²) in [5, 5.41) is 18.2. The van der Waals surface area contributed by atoms with E-state index in [4.69, 9.17) is 13.0 Å². The molecule has 2 radical (unpaired) electrons. The average molecular weight is 297 g/mol. The number of cyclic esters (lactones) is 1. The van der Waals surface area contributed by atoms with Gasteiger partial charge in [-0.15, -0.1) is 9.24 Å². The van der Waals surface area contributed by atoms with Gasteiger partial charge in [0, 0.05) is 0 Å². The Balaban J connectivity index is 2.90. The van der Waals surface area contributed by atoms with E-state index in [1.54, 1.807) is 0 Å². The highest BCUT2D eigenvalue weighted by Gasteiger charge is 2.65. The Morgan fingerprint density at radius 3 is 2.84 bits per heavy atom. The van der Waals surface area contributed by atoms with Crippen LogP contribution in [-0.4, -0.2) is 53.5 Å². The molecule has 1 aliphatic heterocycles. The molecule has 1 aliphatic rings. The third-order valence-corrected chi connectivity index (χ3v) is 2.49. The largest absolute Gasteiger partial charge is 0.481 e. The number of hydroxylamine groups is 1. The summed E-state index contributed by atoms with van der Waals surface area (Å²) in [6.07, 6.45) is -2.33. The van der Waals surface area contributed by atoms with Gasteiger partial charge in [-0.2, -0.15) is 14.3 Å². The molecule has 0 aliphatic carbocycles. The van der Waals surface area contributed by atoms with Crippen molar-refractivity contribution in [1.82, 2.24) is 5.48 Å². The molecule has 1 fully saturated rings. The van der Waals surface area contributed by atoms with Crippen molar-refractivity contribution in [1.29, 1.82) is 0 Å². The number of hydrogen-bond acceptors (Lipinski definition) is 6. The second-order valence-corrected chi connectivity index (χ2v) is 4.56. The van der Waals surface area contributed by atoms with Gasteiger partial charge in [0.05, 0.1) is 12.2 Å². The van der Waals surface area contributed by atoms with E-state index >= 15 is 0 Å². The molecule has 106 valence electrons. The zero-order valence-corrected chi connectivity index (χ0v) is 10.7. The number of carboxylic acid groups (broad SMARTS) is 1. The maximum atomic E-state index is 13.7. The Morgan fingerprint density at radius 2 is 2.37 bits per heavy atom. The molecule has 3 N–H and O–H groups in total. The molecule has 0 aromatic rings. The molecule has 0 amide bonds. The Hall–Kier alpha value is -0.825. The lowest BCUT2D eigenvalue weighted by Crippen LogP contribution is -2.60. The number of rotatable bonds is 6. The van der Waals surface area contributed by atoms with E-state index in [1.165, 1.54) is 0 Å². The van der Waals surface area contributed by atoms with Gasteiger partial charge in [-0.1, -0.05) is 0 Å². The number of alkyl halides is 2. The first-order valence-electron chi connectivity index (χ1n) is 5.04. The fourth-order valence-electron chi connectivity index (χ4n) is 1.52. The number of ether oxygens (including phenoxy) is 1. The van der Waals surface area contributed by atoms with Crippen LogP contribution in [0.5, 0.6) is 0 Å². The van der Waals surface area contributed by atoms with Crippen LogP contribution in [0.15, 0.2) is 0 Å². The molecule has 4 unspecified atom stereocenters. The maximum Gasteiger partial charge on any atom is 0.323 e. The molecule has 1 heterocycles. The predicted octanol–water partition coefficient (Wildman–Crippen LogP) is -1.05. The van der Waals surface area contributed by atoms with Gasteiger partial charge in [-0.05, 0) is 0 Å². The normalized spacial score (nSPS) is 29.1. The molecule has 7 nitrogen and oxygen atoms in total. The lowest BCUT2D eigenvalue weighted by Gasteiger charge is -2.34. The van der Waals surface area contributed by atoms with Gasteiger partial charge in [-0.25, -0.2) is 0 Å². The average Bonchev–Trinajstić information content (AvgIpc) is 2.50. The SMILES string of the molecule is [B]C(P)ONC1CC(=O)OC1(O)C(F)(F)CC(=O)O. The summed E-state index contributed by atoms with van der Waals surface area (Å²) in [7, 11) is 7.15. The minimum Gasteiger partial charge on any atom is -0.481 e. The van der Waals surface area contributed by atoms with Crippen LogP contribution in [0, 0.1) is 0 Å². The summed E-state index contributed by atoms with van der Waals surface area (Å²) in [5.74, 6) is -11.5. The van der Waals surface area contributed by atoms with Gasteiger partial charge in [0.25, 0.3) is 5.79 Å². The predicted molar refractivity (Wildman–Crippen MR) is 60.1 cm³/mol. The van der Waals surface area contributed by atoms with Crippen LogP contribution < -0.4 is 5.48 Å². The lowest BCUT2D eigenvalue weighted by molar-refractivity contribution is -0.305. The van der Waals surface area contributed by atoms with E-state index in [-0.39, 0.29) is 0 Å². The van der Waals surface area contributed by atoms with Gasteiger partial charge in [0.15, 0.2) is 0 Å². The van der Waals surface area contributed by atoms with Crippen molar-refractivity contribution in [3.63, 3.8) is 0 Å². The Bertz CT molecular complexity index is 384. The van der Waals surface area contributed by atoms with Crippen molar-refractivity contribution in [3.8, 4) is 0 Å². The molecule has 0 saturated carbocycles. The van der Waals surface area contributed by atoms with E-state index in [2.05, 4.69) is 9.57 Å². The van der Waals surface area contributed by atoms with Crippen LogP contribution in [0.1, 0.15) is 12.8 Å². The first-order valence-corrected chi connectivity index (χ1v) is 5.71. The maximum absolute atomic E-state index is 13.7. The van der Waals surface area contributed by atoms with E-state index in [9.17, 15) is 23.5 Å². The number of aliphatic carboxylic acids is 1. The molecule has 19 heavy (non-hydrogen) atoms. The summed E-state index contributed by atoms with van der Waals surface area (Å²) in [6, 6.07) is -1.65. The van der Waals surface area contributed by atoms with Gasteiger partial charge < -0.3 is 19.8 Å². The number of halogens is 2. The highest BCUT2D eigenvalue weighted by Crippen LogP contribution is 2.41. The Morgan fingerprint density at radius 1 is 1.79 bits per heavy atom. The molecule has 0 spiro atoms. The summed E-state index contributed by atoms with van der Waals surface area (Å²) in [5.41, 5.74) is 1.97. The van der Waals surface area contributed by atoms with Crippen LogP contribution in [0.4, 0.5) is 8.78 Å². The number of esters is 1. The van der Waals surface area contributed by atoms with Gasteiger partial charge in [-0.3, -0.25) is 9.59 Å². The molecular weight excluding hydrogens is 286 g/mol. The zero-order chi connectivity index (χ0) is 14.8. The minimum atomic E-state index is -4.20. The topological polar surface area (TPSA) is 105 Å². The van der Waals surface area contributed by atoms with Crippen molar-refractivity contribution in [3.05, 3.63) is 0 Å². The standard InChI is InChI=1S/C8H11BF2NO6P/c9-6(19)18-12-3-1-5(15)17-8(3,16)7(10,11)2-4(13)14/h3,6,12,16H,1-2,19H2,(H,13,14). The summed E-state index contributed by atoms with van der Waals surface area (Å²) in [6.45, 7) is 0. The van der Waals surface area contributed by atoms with Crippen LogP contribution in [0.25, 0.3) is 0 Å². The lowest BCUT2D eigenvalue weighted by atomic mass is 9.98. The van der Waals surface area contributed by atoms with Crippen molar-refractivity contribution < 1.29 is 38.2 Å².